The molecule has 0 radical (unpaired) electrons. The van der Waals surface area contributed by atoms with Crippen LogP contribution in [0.5, 0.6) is 0 Å². The van der Waals surface area contributed by atoms with Crippen LogP contribution < -0.4 is 0 Å². The molecule has 0 saturated heterocycles. The number of nitrogens with zero attached hydrogens (tertiary/aromatic N) is 1. The van der Waals surface area contributed by atoms with Gasteiger partial charge in [-0.15, -0.1) is 0 Å². The highest BCUT2D eigenvalue weighted by molar-refractivity contribution is 5.81. The predicted molar refractivity (Wildman–Crippen MR) is 148 cm³/mol. The van der Waals surface area contributed by atoms with Crippen molar-refractivity contribution in [2.45, 2.75) is 156 Å². The zero-order valence-electron chi connectivity index (χ0n) is 24.1. The molecule has 5 heteroatoms. The van der Waals surface area contributed by atoms with Gasteiger partial charge < -0.3 is 9.47 Å². The molecule has 0 spiro atoms. The van der Waals surface area contributed by atoms with Gasteiger partial charge in [-0.3, -0.25) is 4.90 Å². The molecule has 0 aliphatic rings. The minimum Gasteiger partial charge on any atom is -0.464 e. The summed E-state index contributed by atoms with van der Waals surface area (Å²) >= 11 is 0. The standard InChI is InChI=1S/C30H59NO4/c1-6-8-10-11-12-13-14-15-16-17-18-19-20-21-22-23-25-34-29(32)28(26-27(3)4)31(5)30(33)35-24-9-7-2/h27-28H,6-26H2,1-5H3. The summed E-state index contributed by atoms with van der Waals surface area (Å²) in [6.07, 6.45) is 23.1. The molecule has 35 heavy (non-hydrogen) atoms. The van der Waals surface area contributed by atoms with Crippen molar-refractivity contribution in [1.82, 2.24) is 4.90 Å². The second-order valence-electron chi connectivity index (χ2n) is 10.7. The van der Waals surface area contributed by atoms with Crippen LogP contribution in [0.1, 0.15) is 150 Å². The molecule has 0 aromatic heterocycles. The topological polar surface area (TPSA) is 55.8 Å². The zero-order chi connectivity index (χ0) is 26.2. The van der Waals surface area contributed by atoms with E-state index in [1.807, 2.05) is 13.8 Å². The number of ether oxygens (including phenoxy) is 2. The predicted octanol–water partition coefficient (Wildman–Crippen LogP) is 9.07. The first kappa shape index (κ1) is 33.7. The Balaban J connectivity index is 3.78. The van der Waals surface area contributed by atoms with Crippen molar-refractivity contribution in [2.75, 3.05) is 20.3 Å². The molecular formula is C30H59NO4. The Hall–Kier alpha value is -1.26. The summed E-state index contributed by atoms with van der Waals surface area (Å²) in [6, 6.07) is -0.579. The number of hydrogen-bond acceptors (Lipinski definition) is 4. The molecule has 0 bridgehead atoms. The van der Waals surface area contributed by atoms with Crippen LogP contribution >= 0.6 is 0 Å². The largest absolute Gasteiger partial charge is 0.464 e. The van der Waals surface area contributed by atoms with Gasteiger partial charge >= 0.3 is 12.1 Å². The molecule has 0 aromatic carbocycles. The van der Waals surface area contributed by atoms with Crippen LogP contribution in [-0.2, 0) is 14.3 Å². The van der Waals surface area contributed by atoms with E-state index < -0.39 is 12.1 Å². The summed E-state index contributed by atoms with van der Waals surface area (Å²) in [5.41, 5.74) is 0. The van der Waals surface area contributed by atoms with Crippen LogP contribution in [-0.4, -0.2) is 43.3 Å². The third-order valence-electron chi connectivity index (χ3n) is 6.69. The number of unbranched alkanes of at least 4 members (excludes halogenated alkanes) is 16. The molecule has 1 unspecified atom stereocenters. The summed E-state index contributed by atoms with van der Waals surface area (Å²) in [5.74, 6) is -0.0245. The van der Waals surface area contributed by atoms with Crippen molar-refractivity contribution in [3.05, 3.63) is 0 Å². The van der Waals surface area contributed by atoms with Gasteiger partial charge in [0, 0.05) is 7.05 Å². The van der Waals surface area contributed by atoms with E-state index in [0.717, 1.165) is 25.7 Å². The smallest absolute Gasteiger partial charge is 0.410 e. The van der Waals surface area contributed by atoms with Crippen LogP contribution in [0, 0.1) is 5.92 Å². The zero-order valence-corrected chi connectivity index (χ0v) is 24.1. The fourth-order valence-corrected chi connectivity index (χ4v) is 4.31. The lowest BCUT2D eigenvalue weighted by molar-refractivity contribution is -0.149. The van der Waals surface area contributed by atoms with Crippen molar-refractivity contribution in [3.63, 3.8) is 0 Å². The van der Waals surface area contributed by atoms with Crippen molar-refractivity contribution in [1.29, 1.82) is 0 Å². The van der Waals surface area contributed by atoms with Crippen LogP contribution in [0.4, 0.5) is 4.79 Å². The highest BCUT2D eigenvalue weighted by Gasteiger charge is 2.29. The average molecular weight is 498 g/mol. The second kappa shape index (κ2) is 24.4. The van der Waals surface area contributed by atoms with E-state index in [1.165, 1.54) is 94.8 Å². The first-order chi connectivity index (χ1) is 16.9. The monoisotopic (exact) mass is 497 g/mol. The summed E-state index contributed by atoms with van der Waals surface area (Å²) in [5, 5.41) is 0. The Bertz CT molecular complexity index is 495. The quantitative estimate of drug-likeness (QED) is 0.0985. The van der Waals surface area contributed by atoms with Crippen molar-refractivity contribution >= 4 is 12.1 Å². The average Bonchev–Trinajstić information content (AvgIpc) is 2.83. The van der Waals surface area contributed by atoms with Crippen LogP contribution in [0.2, 0.25) is 0 Å². The maximum Gasteiger partial charge on any atom is 0.410 e. The van der Waals surface area contributed by atoms with E-state index in [9.17, 15) is 9.59 Å². The molecule has 1 amide bonds. The molecule has 5 nitrogen and oxygen atoms in total. The first-order valence-corrected chi connectivity index (χ1v) is 15.0. The van der Waals surface area contributed by atoms with Crippen molar-refractivity contribution in [2.24, 2.45) is 5.92 Å². The molecule has 0 fully saturated rings. The van der Waals surface area contributed by atoms with Gasteiger partial charge in [-0.25, -0.2) is 9.59 Å². The third kappa shape index (κ3) is 20.6. The first-order valence-electron chi connectivity index (χ1n) is 15.0. The fraction of sp³-hybridized carbons (Fsp3) is 0.933. The van der Waals surface area contributed by atoms with Gasteiger partial charge in [-0.05, 0) is 25.2 Å². The van der Waals surface area contributed by atoms with Gasteiger partial charge in [0.1, 0.15) is 6.04 Å². The second-order valence-corrected chi connectivity index (χ2v) is 10.7. The SMILES string of the molecule is CCCCCCCCCCCCCCCCCCOC(=O)C(CC(C)C)N(C)C(=O)OCCCC. The van der Waals surface area contributed by atoms with Gasteiger partial charge in [-0.1, -0.05) is 130 Å². The van der Waals surface area contributed by atoms with E-state index in [4.69, 9.17) is 9.47 Å². The summed E-state index contributed by atoms with van der Waals surface area (Å²) in [6.45, 7) is 9.25. The number of rotatable bonds is 24. The van der Waals surface area contributed by atoms with Gasteiger partial charge in [0.2, 0.25) is 0 Å². The molecule has 0 saturated carbocycles. The molecule has 208 valence electrons. The maximum absolute atomic E-state index is 12.6. The van der Waals surface area contributed by atoms with E-state index in [0.29, 0.717) is 19.6 Å². The number of carbonyl (C=O) groups excluding carboxylic acids is 2. The summed E-state index contributed by atoms with van der Waals surface area (Å²) in [7, 11) is 1.64. The van der Waals surface area contributed by atoms with E-state index in [2.05, 4.69) is 13.8 Å². The normalized spacial score (nSPS) is 12.1. The van der Waals surface area contributed by atoms with E-state index >= 15 is 0 Å². The van der Waals surface area contributed by atoms with Gasteiger partial charge in [0.05, 0.1) is 13.2 Å². The molecule has 0 N–H and O–H groups in total. The lowest BCUT2D eigenvalue weighted by atomic mass is 10.0. The van der Waals surface area contributed by atoms with Crippen molar-refractivity contribution < 1.29 is 19.1 Å². The van der Waals surface area contributed by atoms with Crippen LogP contribution in [0.3, 0.4) is 0 Å². The van der Waals surface area contributed by atoms with Crippen LogP contribution in [0.15, 0.2) is 0 Å². The molecule has 0 aromatic rings. The summed E-state index contributed by atoms with van der Waals surface area (Å²) in [4.78, 5) is 26.3. The lowest BCUT2D eigenvalue weighted by Gasteiger charge is -2.27. The molecule has 0 heterocycles. The minimum absolute atomic E-state index is 0.286. The Morgan fingerprint density at radius 1 is 0.600 bits per heavy atom. The number of likely N-dealkylation sites (N-methyl/N-ethyl adjacent to an activating group) is 1. The lowest BCUT2D eigenvalue weighted by Crippen LogP contribution is -2.44. The fourth-order valence-electron chi connectivity index (χ4n) is 4.31. The van der Waals surface area contributed by atoms with Gasteiger partial charge in [0.15, 0.2) is 0 Å². The molecule has 0 aliphatic heterocycles. The minimum atomic E-state index is -0.579. The molecular weight excluding hydrogens is 438 g/mol. The van der Waals surface area contributed by atoms with Crippen LogP contribution in [0.25, 0.3) is 0 Å². The van der Waals surface area contributed by atoms with E-state index in [-0.39, 0.29) is 11.9 Å². The number of carbonyl (C=O) groups is 2. The van der Waals surface area contributed by atoms with Gasteiger partial charge in [-0.2, -0.15) is 0 Å². The maximum atomic E-state index is 12.6. The number of hydrogen-bond donors (Lipinski definition) is 0. The Morgan fingerprint density at radius 2 is 1.00 bits per heavy atom. The Kier molecular flexibility index (Phi) is 23.6. The van der Waals surface area contributed by atoms with Crippen molar-refractivity contribution in [3.8, 4) is 0 Å². The Labute approximate surface area is 218 Å². The highest BCUT2D eigenvalue weighted by atomic mass is 16.6. The third-order valence-corrected chi connectivity index (χ3v) is 6.69. The molecule has 0 rings (SSSR count). The molecule has 1 atom stereocenters. The number of amides is 1. The Morgan fingerprint density at radius 3 is 1.43 bits per heavy atom. The highest BCUT2D eigenvalue weighted by Crippen LogP contribution is 2.16. The van der Waals surface area contributed by atoms with Gasteiger partial charge in [0.25, 0.3) is 0 Å². The number of esters is 1. The molecule has 0 aliphatic carbocycles. The summed E-state index contributed by atoms with van der Waals surface area (Å²) < 4.78 is 10.8. The van der Waals surface area contributed by atoms with E-state index in [1.54, 1.807) is 7.05 Å².